The number of thioether (sulfide) groups is 1. The van der Waals surface area contributed by atoms with Gasteiger partial charge in [-0.15, -0.1) is 11.8 Å². The lowest BCUT2D eigenvalue weighted by Gasteiger charge is -2.26. The molecular formula is C18H24N2O4S. The molecule has 0 aliphatic carbocycles. The molecule has 0 aromatic heterocycles. The van der Waals surface area contributed by atoms with Crippen LogP contribution in [0, 0.1) is 5.92 Å². The molecule has 136 valence electrons. The number of hydrogen-bond acceptors (Lipinski definition) is 5. The molecule has 1 fully saturated rings. The SMILES string of the molecule is O=C(CSCC(=O)N1CCOCC1)NCC1COc2ccccc2C1. The molecule has 1 aromatic carbocycles. The Morgan fingerprint density at radius 3 is 2.84 bits per heavy atom. The van der Waals surface area contributed by atoms with E-state index in [0.717, 1.165) is 12.2 Å². The summed E-state index contributed by atoms with van der Waals surface area (Å²) in [5.41, 5.74) is 1.19. The zero-order chi connectivity index (χ0) is 17.5. The minimum atomic E-state index is -0.0290. The van der Waals surface area contributed by atoms with Gasteiger partial charge in [0, 0.05) is 25.6 Å². The lowest BCUT2D eigenvalue weighted by molar-refractivity contribution is -0.132. The average molecular weight is 364 g/mol. The fourth-order valence-electron chi connectivity index (χ4n) is 2.97. The Bertz CT molecular complexity index is 604. The van der Waals surface area contributed by atoms with E-state index in [9.17, 15) is 9.59 Å². The van der Waals surface area contributed by atoms with Gasteiger partial charge in [-0.25, -0.2) is 0 Å². The van der Waals surface area contributed by atoms with Crippen molar-refractivity contribution in [2.75, 3.05) is 51.0 Å². The Balaban J connectivity index is 1.31. The highest BCUT2D eigenvalue weighted by Crippen LogP contribution is 2.26. The highest BCUT2D eigenvalue weighted by Gasteiger charge is 2.20. The molecule has 6 nitrogen and oxygen atoms in total. The molecule has 1 N–H and O–H groups in total. The number of rotatable bonds is 6. The molecule has 2 aliphatic rings. The molecule has 2 amide bonds. The summed E-state index contributed by atoms with van der Waals surface area (Å²) in [6, 6.07) is 8.02. The molecule has 2 heterocycles. The largest absolute Gasteiger partial charge is 0.493 e. The van der Waals surface area contributed by atoms with Crippen molar-refractivity contribution in [3.63, 3.8) is 0 Å². The third kappa shape index (κ3) is 5.37. The summed E-state index contributed by atoms with van der Waals surface area (Å²) in [7, 11) is 0. The van der Waals surface area contributed by atoms with Gasteiger partial charge in [0.1, 0.15) is 5.75 Å². The predicted molar refractivity (Wildman–Crippen MR) is 96.9 cm³/mol. The van der Waals surface area contributed by atoms with Crippen LogP contribution in [-0.4, -0.2) is 67.7 Å². The third-order valence-electron chi connectivity index (χ3n) is 4.37. The van der Waals surface area contributed by atoms with Crippen LogP contribution in [0.1, 0.15) is 5.56 Å². The van der Waals surface area contributed by atoms with Crippen molar-refractivity contribution in [3.05, 3.63) is 29.8 Å². The van der Waals surface area contributed by atoms with Crippen LogP contribution in [0.2, 0.25) is 0 Å². The number of nitrogens with zero attached hydrogens (tertiary/aromatic N) is 1. The number of benzene rings is 1. The molecule has 0 bridgehead atoms. The van der Waals surface area contributed by atoms with E-state index in [-0.39, 0.29) is 11.8 Å². The number of hydrogen-bond donors (Lipinski definition) is 1. The Labute approximate surface area is 152 Å². The van der Waals surface area contributed by atoms with Gasteiger partial charge in [-0.05, 0) is 18.1 Å². The van der Waals surface area contributed by atoms with Gasteiger partial charge in [-0.3, -0.25) is 9.59 Å². The molecule has 1 unspecified atom stereocenters. The van der Waals surface area contributed by atoms with Gasteiger partial charge in [0.05, 0.1) is 31.3 Å². The molecule has 1 aromatic rings. The molecular weight excluding hydrogens is 340 g/mol. The number of carbonyl (C=O) groups excluding carboxylic acids is 2. The number of para-hydroxylation sites is 1. The fraction of sp³-hybridized carbons (Fsp3) is 0.556. The van der Waals surface area contributed by atoms with Crippen molar-refractivity contribution in [1.82, 2.24) is 10.2 Å². The predicted octanol–water partition coefficient (Wildman–Crippen LogP) is 0.946. The Hall–Kier alpha value is -1.73. The number of amides is 2. The van der Waals surface area contributed by atoms with Gasteiger partial charge in [0.15, 0.2) is 0 Å². The Morgan fingerprint density at radius 1 is 1.20 bits per heavy atom. The topological polar surface area (TPSA) is 67.9 Å². The number of ether oxygens (including phenoxy) is 2. The zero-order valence-electron chi connectivity index (χ0n) is 14.2. The smallest absolute Gasteiger partial charge is 0.232 e. The average Bonchev–Trinajstić information content (AvgIpc) is 2.67. The van der Waals surface area contributed by atoms with Crippen molar-refractivity contribution in [2.45, 2.75) is 6.42 Å². The van der Waals surface area contributed by atoms with E-state index in [1.54, 1.807) is 4.90 Å². The van der Waals surface area contributed by atoms with Gasteiger partial charge in [-0.2, -0.15) is 0 Å². The van der Waals surface area contributed by atoms with Crippen LogP contribution < -0.4 is 10.1 Å². The second-order valence-corrected chi connectivity index (χ2v) is 7.26. The molecule has 0 saturated carbocycles. The van der Waals surface area contributed by atoms with Crippen LogP contribution in [0.3, 0.4) is 0 Å². The van der Waals surface area contributed by atoms with Gasteiger partial charge in [0.25, 0.3) is 0 Å². The quantitative estimate of drug-likeness (QED) is 0.814. The first kappa shape index (κ1) is 18.1. The summed E-state index contributed by atoms with van der Waals surface area (Å²) in [4.78, 5) is 25.8. The van der Waals surface area contributed by atoms with Crippen LogP contribution in [0.25, 0.3) is 0 Å². The van der Waals surface area contributed by atoms with Gasteiger partial charge in [0.2, 0.25) is 11.8 Å². The van der Waals surface area contributed by atoms with E-state index >= 15 is 0 Å². The highest BCUT2D eigenvalue weighted by atomic mass is 32.2. The summed E-state index contributed by atoms with van der Waals surface area (Å²) in [6.45, 7) is 3.72. The minimum Gasteiger partial charge on any atom is -0.493 e. The summed E-state index contributed by atoms with van der Waals surface area (Å²) < 4.78 is 11.0. The van der Waals surface area contributed by atoms with Gasteiger partial charge >= 0.3 is 0 Å². The number of morpholine rings is 1. The number of fused-ring (bicyclic) bond motifs is 1. The van der Waals surface area contributed by atoms with Crippen LogP contribution in [0.4, 0.5) is 0 Å². The molecule has 25 heavy (non-hydrogen) atoms. The second kappa shape index (κ2) is 9.10. The van der Waals surface area contributed by atoms with E-state index in [1.165, 1.54) is 17.3 Å². The van der Waals surface area contributed by atoms with Crippen LogP contribution in [-0.2, 0) is 20.7 Å². The summed E-state index contributed by atoms with van der Waals surface area (Å²) in [5, 5.41) is 2.95. The molecule has 1 saturated heterocycles. The minimum absolute atomic E-state index is 0.0290. The summed E-state index contributed by atoms with van der Waals surface area (Å²) in [6.07, 6.45) is 0.916. The van der Waals surface area contributed by atoms with Crippen LogP contribution >= 0.6 is 11.8 Å². The maximum atomic E-state index is 12.0. The normalized spacial score (nSPS) is 19.7. The van der Waals surface area contributed by atoms with E-state index < -0.39 is 0 Å². The van der Waals surface area contributed by atoms with Crippen molar-refractivity contribution >= 4 is 23.6 Å². The van der Waals surface area contributed by atoms with Gasteiger partial charge < -0.3 is 19.7 Å². The Morgan fingerprint density at radius 2 is 2.00 bits per heavy atom. The summed E-state index contributed by atoms with van der Waals surface area (Å²) >= 11 is 1.36. The maximum absolute atomic E-state index is 12.0. The van der Waals surface area contributed by atoms with E-state index in [1.807, 2.05) is 18.2 Å². The van der Waals surface area contributed by atoms with E-state index in [4.69, 9.17) is 9.47 Å². The van der Waals surface area contributed by atoms with Crippen molar-refractivity contribution < 1.29 is 19.1 Å². The van der Waals surface area contributed by atoms with E-state index in [0.29, 0.717) is 56.9 Å². The van der Waals surface area contributed by atoms with Crippen molar-refractivity contribution in [3.8, 4) is 5.75 Å². The van der Waals surface area contributed by atoms with Crippen molar-refractivity contribution in [1.29, 1.82) is 0 Å². The monoisotopic (exact) mass is 364 g/mol. The summed E-state index contributed by atoms with van der Waals surface area (Å²) in [5.74, 6) is 1.94. The molecule has 2 aliphatic heterocycles. The molecule has 1 atom stereocenters. The fourth-order valence-corrected chi connectivity index (χ4v) is 3.71. The van der Waals surface area contributed by atoms with Crippen molar-refractivity contribution in [2.24, 2.45) is 5.92 Å². The second-order valence-electron chi connectivity index (χ2n) is 6.28. The highest BCUT2D eigenvalue weighted by molar-refractivity contribution is 8.00. The lowest BCUT2D eigenvalue weighted by Crippen LogP contribution is -2.41. The lowest BCUT2D eigenvalue weighted by atomic mass is 9.97. The maximum Gasteiger partial charge on any atom is 0.232 e. The van der Waals surface area contributed by atoms with E-state index in [2.05, 4.69) is 11.4 Å². The first-order valence-corrected chi connectivity index (χ1v) is 9.78. The van der Waals surface area contributed by atoms with Gasteiger partial charge in [-0.1, -0.05) is 18.2 Å². The first-order valence-electron chi connectivity index (χ1n) is 8.63. The van der Waals surface area contributed by atoms with Crippen LogP contribution in [0.5, 0.6) is 5.75 Å². The number of carbonyl (C=O) groups is 2. The first-order chi connectivity index (χ1) is 12.2. The molecule has 0 radical (unpaired) electrons. The third-order valence-corrected chi connectivity index (χ3v) is 5.28. The standard InChI is InChI=1S/C18H24N2O4S/c21-17(12-25-13-18(22)20-5-7-23-8-6-20)19-10-14-9-15-3-1-2-4-16(15)24-11-14/h1-4,14H,5-13H2,(H,19,21). The van der Waals surface area contributed by atoms with Crippen LogP contribution in [0.15, 0.2) is 24.3 Å². The Kier molecular flexibility index (Phi) is 6.58. The molecule has 3 rings (SSSR count). The zero-order valence-corrected chi connectivity index (χ0v) is 15.1. The molecule has 7 heteroatoms. The molecule has 0 spiro atoms. The number of nitrogens with one attached hydrogen (secondary N) is 1.